The Morgan fingerprint density at radius 2 is 1.84 bits per heavy atom. The molecule has 1 unspecified atom stereocenters. The number of benzene rings is 2. The van der Waals surface area contributed by atoms with Crippen molar-refractivity contribution in [3.63, 3.8) is 0 Å². The third kappa shape index (κ3) is 8.79. The molecule has 0 fully saturated rings. The van der Waals surface area contributed by atoms with Gasteiger partial charge in [-0.3, -0.25) is 4.57 Å². The van der Waals surface area contributed by atoms with Gasteiger partial charge in [0.1, 0.15) is 11.5 Å². The van der Waals surface area contributed by atoms with Gasteiger partial charge in [0.15, 0.2) is 0 Å². The van der Waals surface area contributed by atoms with Crippen LogP contribution in [0.2, 0.25) is 0 Å². The van der Waals surface area contributed by atoms with Gasteiger partial charge in [0, 0.05) is 6.54 Å². The van der Waals surface area contributed by atoms with Crippen LogP contribution in [-0.4, -0.2) is 25.7 Å². The van der Waals surface area contributed by atoms with E-state index in [-0.39, 0.29) is 6.61 Å². The molecule has 0 heterocycles. The maximum Gasteiger partial charge on any atom is 0.338 e. The Morgan fingerprint density at radius 1 is 1.13 bits per heavy atom. The second-order valence-electron chi connectivity index (χ2n) is 6.35. The fourth-order valence-corrected chi connectivity index (χ4v) is 4.22. The van der Waals surface area contributed by atoms with E-state index in [2.05, 4.69) is 17.4 Å². The number of ether oxygens (including phenoxy) is 2. The molecule has 1 atom stereocenters. The van der Waals surface area contributed by atoms with E-state index >= 15 is 0 Å². The molecule has 0 amide bonds. The summed E-state index contributed by atoms with van der Waals surface area (Å²) in [7, 11) is -3.26. The lowest BCUT2D eigenvalue weighted by Crippen LogP contribution is -2.22. The summed E-state index contributed by atoms with van der Waals surface area (Å²) in [5, 5.41) is 3.49. The maximum absolute atomic E-state index is 13.4. The van der Waals surface area contributed by atoms with E-state index in [4.69, 9.17) is 14.0 Å². The number of para-hydroxylation sites is 1. The predicted molar refractivity (Wildman–Crippen MR) is 123 cm³/mol. The minimum Gasteiger partial charge on any atom is -0.462 e. The molecule has 0 saturated heterocycles. The number of hydrogen-bond donors (Lipinski definition) is 1. The van der Waals surface area contributed by atoms with Crippen molar-refractivity contribution in [3.8, 4) is 11.5 Å². The van der Waals surface area contributed by atoms with Crippen LogP contribution >= 0.6 is 7.52 Å². The third-order valence-corrected chi connectivity index (χ3v) is 6.09. The first kappa shape index (κ1) is 24.4. The van der Waals surface area contributed by atoms with Gasteiger partial charge >= 0.3 is 5.97 Å². The standard InChI is InChI=1S/C24H28NO5P/c1-3-19-25-31(27,29-20-11-6-5-10-14-24(26)28-4-2)23-17-15-22(16-18-23)30-21-12-8-7-9-13-21/h3,5,7-9,12-18H,1,4,6,11,19-20H2,2H3,(H,25,27). The third-order valence-electron chi connectivity index (χ3n) is 3.97. The molecule has 31 heavy (non-hydrogen) atoms. The summed E-state index contributed by atoms with van der Waals surface area (Å²) in [6.07, 6.45) is 5.85. The lowest BCUT2D eigenvalue weighted by atomic mass is 10.3. The molecule has 2 aromatic carbocycles. The van der Waals surface area contributed by atoms with E-state index < -0.39 is 13.5 Å². The van der Waals surface area contributed by atoms with Gasteiger partial charge in [0.25, 0.3) is 7.52 Å². The van der Waals surface area contributed by atoms with Crippen molar-refractivity contribution in [2.75, 3.05) is 19.8 Å². The number of nitrogens with one attached hydrogen (secondary N) is 1. The van der Waals surface area contributed by atoms with E-state index in [0.717, 1.165) is 5.75 Å². The molecule has 2 aromatic rings. The number of hydrogen-bond acceptors (Lipinski definition) is 5. The van der Waals surface area contributed by atoms with Gasteiger partial charge in [0.05, 0.1) is 24.6 Å². The van der Waals surface area contributed by atoms with Crippen molar-refractivity contribution in [1.29, 1.82) is 0 Å². The highest BCUT2D eigenvalue weighted by Crippen LogP contribution is 2.41. The molecule has 0 aliphatic heterocycles. The van der Waals surface area contributed by atoms with Crippen LogP contribution in [0.1, 0.15) is 19.8 Å². The Morgan fingerprint density at radius 3 is 2.52 bits per heavy atom. The van der Waals surface area contributed by atoms with Gasteiger partial charge in [-0.2, -0.15) is 0 Å². The van der Waals surface area contributed by atoms with Gasteiger partial charge < -0.3 is 14.0 Å². The quantitative estimate of drug-likeness (QED) is 0.116. The summed E-state index contributed by atoms with van der Waals surface area (Å²) in [5.41, 5.74) is 2.77. The topological polar surface area (TPSA) is 73.9 Å². The van der Waals surface area contributed by atoms with Crippen LogP contribution in [0.15, 0.2) is 85.1 Å². The van der Waals surface area contributed by atoms with E-state index in [9.17, 15) is 9.36 Å². The average molecular weight is 441 g/mol. The van der Waals surface area contributed by atoms with E-state index in [0.29, 0.717) is 37.0 Å². The first-order valence-electron chi connectivity index (χ1n) is 10.1. The monoisotopic (exact) mass is 441 g/mol. The molecule has 0 bridgehead atoms. The van der Waals surface area contributed by atoms with Crippen molar-refractivity contribution in [3.05, 3.63) is 85.1 Å². The molecule has 2 rings (SSSR count). The van der Waals surface area contributed by atoms with Crippen molar-refractivity contribution in [2.45, 2.75) is 19.8 Å². The highest BCUT2D eigenvalue weighted by Gasteiger charge is 2.25. The summed E-state index contributed by atoms with van der Waals surface area (Å²) in [4.78, 5) is 11.2. The van der Waals surface area contributed by atoms with Crippen molar-refractivity contribution in [1.82, 2.24) is 5.09 Å². The van der Waals surface area contributed by atoms with Gasteiger partial charge in [-0.15, -0.1) is 12.3 Å². The lowest BCUT2D eigenvalue weighted by Gasteiger charge is -2.19. The van der Waals surface area contributed by atoms with Crippen LogP contribution in [0, 0.1) is 0 Å². The Labute approximate surface area is 183 Å². The first-order chi connectivity index (χ1) is 15.1. The Hall–Kier alpha value is -2.88. The molecule has 7 heteroatoms. The summed E-state index contributed by atoms with van der Waals surface area (Å²) in [5.74, 6) is 0.945. The molecule has 0 aromatic heterocycles. The van der Waals surface area contributed by atoms with Crippen LogP contribution in [0.3, 0.4) is 0 Å². The number of carbonyl (C=O) groups excluding carboxylic acids is 1. The Balaban J connectivity index is 1.94. The van der Waals surface area contributed by atoms with Crippen LogP contribution in [-0.2, 0) is 18.6 Å². The molecule has 6 nitrogen and oxygen atoms in total. The molecule has 0 saturated carbocycles. The highest BCUT2D eigenvalue weighted by molar-refractivity contribution is 7.65. The number of carbonyl (C=O) groups is 1. The molecule has 0 aliphatic carbocycles. The first-order valence-corrected chi connectivity index (χ1v) is 11.7. The molecule has 164 valence electrons. The molecule has 1 N–H and O–H groups in total. The zero-order valence-corrected chi connectivity index (χ0v) is 18.6. The highest BCUT2D eigenvalue weighted by atomic mass is 31.2. The SMILES string of the molecule is C=CCNP(=O)(OCCCC=C=CC(=O)OCC)c1ccc(Oc2ccccc2)cc1. The number of rotatable bonds is 13. The second kappa shape index (κ2) is 13.4. The minimum absolute atomic E-state index is 0.279. The van der Waals surface area contributed by atoms with Gasteiger partial charge in [-0.1, -0.05) is 24.3 Å². The van der Waals surface area contributed by atoms with Crippen LogP contribution in [0.4, 0.5) is 0 Å². The number of esters is 1. The fraction of sp³-hybridized carbons (Fsp3) is 0.250. The zero-order chi connectivity index (χ0) is 22.4. The maximum atomic E-state index is 13.4. The van der Waals surface area contributed by atoms with Crippen LogP contribution in [0.5, 0.6) is 11.5 Å². The van der Waals surface area contributed by atoms with E-state index in [1.54, 1.807) is 43.3 Å². The van der Waals surface area contributed by atoms with Gasteiger partial charge in [-0.05, 0) is 62.2 Å². The molecule has 0 aliphatic rings. The fourth-order valence-electron chi connectivity index (χ4n) is 2.50. The van der Waals surface area contributed by atoms with E-state index in [1.165, 1.54) is 6.08 Å². The zero-order valence-electron chi connectivity index (χ0n) is 17.7. The number of unbranched alkanes of at least 4 members (excludes halogenated alkanes) is 1. The molecular formula is C24H28NO5P. The molecule has 0 spiro atoms. The van der Waals surface area contributed by atoms with Crippen LogP contribution < -0.4 is 15.1 Å². The lowest BCUT2D eigenvalue weighted by molar-refractivity contribution is -0.137. The normalized spacial score (nSPS) is 12.2. The molecule has 0 radical (unpaired) electrons. The van der Waals surface area contributed by atoms with Crippen molar-refractivity contribution >= 4 is 18.8 Å². The Kier molecular flexibility index (Phi) is 10.6. The largest absolute Gasteiger partial charge is 0.462 e. The summed E-state index contributed by atoms with van der Waals surface area (Å²) in [6, 6.07) is 16.4. The minimum atomic E-state index is -3.26. The summed E-state index contributed by atoms with van der Waals surface area (Å²) < 4.78 is 29.7. The second-order valence-corrected chi connectivity index (χ2v) is 8.55. The van der Waals surface area contributed by atoms with E-state index in [1.807, 2.05) is 30.3 Å². The average Bonchev–Trinajstić information content (AvgIpc) is 2.78. The van der Waals surface area contributed by atoms with Crippen molar-refractivity contribution in [2.24, 2.45) is 0 Å². The molecular weight excluding hydrogens is 413 g/mol. The summed E-state index contributed by atoms with van der Waals surface area (Å²) in [6.45, 7) is 6.37. The van der Waals surface area contributed by atoms with Crippen LogP contribution in [0.25, 0.3) is 0 Å². The van der Waals surface area contributed by atoms with Gasteiger partial charge in [-0.25, -0.2) is 9.88 Å². The van der Waals surface area contributed by atoms with Crippen molar-refractivity contribution < 1.29 is 23.4 Å². The predicted octanol–water partition coefficient (Wildman–Crippen LogP) is 5.14. The summed E-state index contributed by atoms with van der Waals surface area (Å²) >= 11 is 0. The smallest absolute Gasteiger partial charge is 0.338 e. The van der Waals surface area contributed by atoms with Gasteiger partial charge in [0.2, 0.25) is 0 Å². The Bertz CT molecular complexity index is 934.